The van der Waals surface area contributed by atoms with Crippen LogP contribution in [0, 0.1) is 12.8 Å². The van der Waals surface area contributed by atoms with Gasteiger partial charge in [0.1, 0.15) is 11.7 Å². The second-order valence-electron chi connectivity index (χ2n) is 6.69. The van der Waals surface area contributed by atoms with Crippen molar-refractivity contribution in [1.29, 1.82) is 0 Å². The molecule has 120 valence electrons. The number of hydrogen-bond acceptors (Lipinski definition) is 6. The van der Waals surface area contributed by atoms with E-state index in [1.807, 2.05) is 32.7 Å². The van der Waals surface area contributed by atoms with E-state index in [0.29, 0.717) is 17.7 Å². The average Bonchev–Trinajstić information content (AvgIpc) is 2.38. The minimum Gasteiger partial charge on any atom is -0.351 e. The molecule has 0 unspecified atom stereocenters. The zero-order chi connectivity index (χ0) is 16.0. The number of likely N-dealkylation sites (N-methyl/N-ethyl adjacent to an activating group) is 1. The molecule has 2 heterocycles. The van der Waals surface area contributed by atoms with E-state index in [4.69, 9.17) is 5.73 Å². The molecular weight excluding hydrogens is 280 g/mol. The van der Waals surface area contributed by atoms with Gasteiger partial charge in [-0.05, 0) is 25.7 Å². The molecule has 22 heavy (non-hydrogen) atoms. The largest absolute Gasteiger partial charge is 0.351 e. The van der Waals surface area contributed by atoms with Gasteiger partial charge in [-0.15, -0.1) is 0 Å². The molecule has 0 saturated heterocycles. The van der Waals surface area contributed by atoms with E-state index in [9.17, 15) is 4.79 Å². The Bertz CT molecular complexity index is 596. The van der Waals surface area contributed by atoms with Gasteiger partial charge in [-0.25, -0.2) is 4.98 Å². The Morgan fingerprint density at radius 1 is 1.36 bits per heavy atom. The number of nitrogens with two attached hydrogens (primary N) is 1. The number of nitrogens with zero attached hydrogens (tertiary/aromatic N) is 3. The number of aromatic nitrogens is 2. The van der Waals surface area contributed by atoms with Gasteiger partial charge >= 0.3 is 0 Å². The van der Waals surface area contributed by atoms with Gasteiger partial charge < -0.3 is 21.3 Å². The molecule has 0 bridgehead atoms. The third-order valence-electron chi connectivity index (χ3n) is 4.48. The number of carbonyl (C=O) groups excluding carboxylic acids is 1. The normalized spacial score (nSPS) is 27.3. The quantitative estimate of drug-likeness (QED) is 0.774. The number of amides is 1. The molecule has 1 atom stereocenters. The number of fused-ring (bicyclic) bond motifs is 1. The van der Waals surface area contributed by atoms with Crippen LogP contribution in [0.15, 0.2) is 0 Å². The molecule has 1 aromatic rings. The second-order valence-corrected chi connectivity index (χ2v) is 6.69. The van der Waals surface area contributed by atoms with Crippen molar-refractivity contribution < 1.29 is 4.79 Å². The molecule has 1 aliphatic heterocycles. The molecular formula is C15H24N6O. The van der Waals surface area contributed by atoms with Crippen LogP contribution in [0.1, 0.15) is 32.4 Å². The Morgan fingerprint density at radius 3 is 2.64 bits per heavy atom. The van der Waals surface area contributed by atoms with Crippen molar-refractivity contribution >= 4 is 23.4 Å². The summed E-state index contributed by atoms with van der Waals surface area (Å²) in [5.74, 6) is 1.59. The van der Waals surface area contributed by atoms with Gasteiger partial charge in [-0.1, -0.05) is 13.8 Å². The lowest BCUT2D eigenvalue weighted by molar-refractivity contribution is -0.118. The highest BCUT2D eigenvalue weighted by atomic mass is 16.2. The van der Waals surface area contributed by atoms with Crippen molar-refractivity contribution in [2.75, 3.05) is 22.6 Å². The number of rotatable bonds is 3. The average molecular weight is 304 g/mol. The first kappa shape index (κ1) is 15.0. The lowest BCUT2D eigenvalue weighted by Gasteiger charge is -2.37. The Balaban J connectivity index is 1.90. The fourth-order valence-corrected chi connectivity index (χ4v) is 3.24. The zero-order valence-corrected chi connectivity index (χ0v) is 13.6. The van der Waals surface area contributed by atoms with Gasteiger partial charge in [0.05, 0.1) is 5.69 Å². The number of anilines is 3. The van der Waals surface area contributed by atoms with E-state index in [1.54, 1.807) is 0 Å². The maximum Gasteiger partial charge on any atom is 0.247 e. The molecule has 0 radical (unpaired) electrons. The first-order valence-corrected chi connectivity index (χ1v) is 7.81. The lowest BCUT2D eigenvalue weighted by Crippen LogP contribution is -2.50. The summed E-state index contributed by atoms with van der Waals surface area (Å²) in [6, 6.07) is 0.409. The first-order valence-electron chi connectivity index (χ1n) is 7.81. The minimum absolute atomic E-state index is 0.00220. The fraction of sp³-hybridized carbons (Fsp3) is 0.667. The number of carbonyl (C=O) groups is 1. The summed E-state index contributed by atoms with van der Waals surface area (Å²) in [5.41, 5.74) is 7.30. The maximum atomic E-state index is 12.3. The van der Waals surface area contributed by atoms with E-state index in [0.717, 1.165) is 24.4 Å². The van der Waals surface area contributed by atoms with Gasteiger partial charge in [0.2, 0.25) is 11.9 Å². The molecule has 1 fully saturated rings. The summed E-state index contributed by atoms with van der Waals surface area (Å²) in [7, 11) is 1.91. The fourth-order valence-electron chi connectivity index (χ4n) is 3.24. The van der Waals surface area contributed by atoms with Crippen molar-refractivity contribution in [3.8, 4) is 0 Å². The SMILES string of the molecule is Cc1nc(N[C@H]2C[C@H](N)C2)nc2c1NC(=O)[C@H](C(C)C)N2C. The Labute approximate surface area is 130 Å². The second kappa shape index (κ2) is 5.39. The molecule has 4 N–H and O–H groups in total. The number of nitrogens with one attached hydrogen (secondary N) is 2. The molecule has 2 aliphatic rings. The monoisotopic (exact) mass is 304 g/mol. The predicted octanol–water partition coefficient (Wildman–Crippen LogP) is 1.10. The number of hydrogen-bond donors (Lipinski definition) is 3. The molecule has 1 amide bonds. The first-order chi connectivity index (χ1) is 10.4. The number of aryl methyl sites for hydroxylation is 1. The van der Waals surface area contributed by atoms with E-state index in [2.05, 4.69) is 20.6 Å². The van der Waals surface area contributed by atoms with E-state index in [-0.39, 0.29) is 23.9 Å². The van der Waals surface area contributed by atoms with E-state index >= 15 is 0 Å². The van der Waals surface area contributed by atoms with Crippen LogP contribution in [0.3, 0.4) is 0 Å². The van der Waals surface area contributed by atoms with Crippen molar-refractivity contribution in [2.24, 2.45) is 11.7 Å². The molecule has 1 aliphatic carbocycles. The van der Waals surface area contributed by atoms with Crippen molar-refractivity contribution in [3.63, 3.8) is 0 Å². The summed E-state index contributed by atoms with van der Waals surface area (Å²) in [5, 5.41) is 6.29. The van der Waals surface area contributed by atoms with Crippen LogP contribution in [-0.4, -0.2) is 41.0 Å². The summed E-state index contributed by atoms with van der Waals surface area (Å²) >= 11 is 0. The third kappa shape index (κ3) is 2.49. The van der Waals surface area contributed by atoms with Crippen LogP contribution >= 0.6 is 0 Å². The van der Waals surface area contributed by atoms with Gasteiger partial charge in [0, 0.05) is 19.1 Å². The highest BCUT2D eigenvalue weighted by Crippen LogP contribution is 2.34. The summed E-state index contributed by atoms with van der Waals surface area (Å²) < 4.78 is 0. The highest BCUT2D eigenvalue weighted by Gasteiger charge is 2.35. The van der Waals surface area contributed by atoms with Crippen LogP contribution in [0.4, 0.5) is 17.5 Å². The Morgan fingerprint density at radius 2 is 2.05 bits per heavy atom. The van der Waals surface area contributed by atoms with Crippen LogP contribution in [-0.2, 0) is 4.79 Å². The maximum absolute atomic E-state index is 12.3. The standard InChI is InChI=1S/C15H24N6O/c1-7(2)12-14(22)19-11-8(3)17-15(20-13(11)21(12)4)18-10-5-9(16)6-10/h7,9-10,12H,5-6,16H2,1-4H3,(H,19,22)(H,17,18,20)/t9-,10-,12-/m0/s1. The van der Waals surface area contributed by atoms with Crippen molar-refractivity contribution in [3.05, 3.63) is 5.69 Å². The predicted molar refractivity (Wildman–Crippen MR) is 87.0 cm³/mol. The lowest BCUT2D eigenvalue weighted by atomic mass is 9.88. The molecule has 0 aromatic carbocycles. The third-order valence-corrected chi connectivity index (χ3v) is 4.48. The van der Waals surface area contributed by atoms with Crippen LogP contribution < -0.4 is 21.3 Å². The Kier molecular flexibility index (Phi) is 3.68. The summed E-state index contributed by atoms with van der Waals surface area (Å²) in [4.78, 5) is 23.3. The highest BCUT2D eigenvalue weighted by molar-refractivity contribution is 6.03. The molecule has 1 aromatic heterocycles. The molecule has 0 spiro atoms. The van der Waals surface area contributed by atoms with Gasteiger partial charge in [-0.3, -0.25) is 4.79 Å². The van der Waals surface area contributed by atoms with Crippen molar-refractivity contribution in [2.45, 2.75) is 51.7 Å². The van der Waals surface area contributed by atoms with Crippen LogP contribution in [0.25, 0.3) is 0 Å². The smallest absolute Gasteiger partial charge is 0.247 e. The minimum atomic E-state index is -0.216. The Hall–Kier alpha value is -1.89. The van der Waals surface area contributed by atoms with Gasteiger partial charge in [-0.2, -0.15) is 4.98 Å². The van der Waals surface area contributed by atoms with Gasteiger partial charge in [0.25, 0.3) is 0 Å². The molecule has 3 rings (SSSR count). The van der Waals surface area contributed by atoms with Crippen LogP contribution in [0.5, 0.6) is 0 Å². The van der Waals surface area contributed by atoms with Crippen molar-refractivity contribution in [1.82, 2.24) is 9.97 Å². The summed E-state index contributed by atoms with van der Waals surface area (Å²) in [6.45, 7) is 5.96. The molecule has 7 nitrogen and oxygen atoms in total. The van der Waals surface area contributed by atoms with E-state index < -0.39 is 0 Å². The molecule has 7 heteroatoms. The topological polar surface area (TPSA) is 96.2 Å². The van der Waals surface area contributed by atoms with E-state index in [1.165, 1.54) is 0 Å². The zero-order valence-electron chi connectivity index (χ0n) is 13.6. The molecule has 1 saturated carbocycles. The summed E-state index contributed by atoms with van der Waals surface area (Å²) in [6.07, 6.45) is 1.89. The van der Waals surface area contributed by atoms with Gasteiger partial charge in [0.15, 0.2) is 5.82 Å². The van der Waals surface area contributed by atoms with Crippen LogP contribution in [0.2, 0.25) is 0 Å².